The number of nitrogens with one attached hydrogen (secondary N) is 1. The zero-order valence-electron chi connectivity index (χ0n) is 14.5. The highest BCUT2D eigenvalue weighted by molar-refractivity contribution is 8.16. The predicted octanol–water partition coefficient (Wildman–Crippen LogP) is 5.18. The number of aromatic nitrogens is 1. The van der Waals surface area contributed by atoms with Crippen LogP contribution in [0.5, 0.6) is 0 Å². The summed E-state index contributed by atoms with van der Waals surface area (Å²) in [5, 5.41) is 11.8. The Kier molecular flexibility index (Phi) is 4.50. The summed E-state index contributed by atoms with van der Waals surface area (Å²) >= 11 is 13.7. The molecule has 2 aliphatic rings. The molecule has 0 spiro atoms. The highest BCUT2D eigenvalue weighted by atomic mass is 35.5. The highest BCUT2D eigenvalue weighted by Crippen LogP contribution is 2.31. The standard InChI is InChI=1S/C19H14Cl2N4OS/c1-10-7-12(11(2)25(10)16-4-3-13(20)9-15(16)21)8-14-17(22)24-5-6-27-19(24)23-18(14)26/h3-9,22H,1-2H3. The van der Waals surface area contributed by atoms with Gasteiger partial charge in [0, 0.05) is 22.6 Å². The number of fused-ring (bicyclic) bond motifs is 1. The molecular formula is C19H14Cl2N4OS. The van der Waals surface area contributed by atoms with Gasteiger partial charge in [-0.05, 0) is 55.2 Å². The first kappa shape index (κ1) is 18.1. The van der Waals surface area contributed by atoms with Crippen LogP contribution in [-0.4, -0.2) is 26.4 Å². The van der Waals surface area contributed by atoms with Crippen molar-refractivity contribution in [3.05, 3.63) is 68.4 Å². The smallest absolute Gasteiger partial charge is 0.283 e. The van der Waals surface area contributed by atoms with E-state index in [4.69, 9.17) is 28.6 Å². The molecule has 0 saturated heterocycles. The Balaban J connectivity index is 1.80. The molecule has 4 rings (SSSR count). The SMILES string of the molecule is Cc1cc(C=C2C(=N)N3C=CSC3=NC2=O)c(C)n1-c1ccc(Cl)cc1Cl. The van der Waals surface area contributed by atoms with E-state index in [0.717, 1.165) is 22.6 Å². The fourth-order valence-corrected chi connectivity index (χ4v) is 4.35. The molecule has 0 atom stereocenters. The molecule has 0 radical (unpaired) electrons. The molecule has 3 heterocycles. The van der Waals surface area contributed by atoms with Crippen LogP contribution in [-0.2, 0) is 4.79 Å². The Morgan fingerprint density at radius 3 is 2.74 bits per heavy atom. The number of amides is 1. The number of hydrogen-bond acceptors (Lipinski definition) is 3. The van der Waals surface area contributed by atoms with Gasteiger partial charge in [-0.25, -0.2) is 0 Å². The summed E-state index contributed by atoms with van der Waals surface area (Å²) in [5.74, 6) is -0.280. The van der Waals surface area contributed by atoms with Crippen LogP contribution in [0, 0.1) is 19.3 Å². The van der Waals surface area contributed by atoms with Gasteiger partial charge in [0.25, 0.3) is 5.91 Å². The van der Waals surface area contributed by atoms with Crippen LogP contribution in [0.25, 0.3) is 11.8 Å². The van der Waals surface area contributed by atoms with Crippen LogP contribution < -0.4 is 0 Å². The van der Waals surface area contributed by atoms with Crippen molar-refractivity contribution in [2.24, 2.45) is 4.99 Å². The van der Waals surface area contributed by atoms with Gasteiger partial charge < -0.3 is 4.57 Å². The molecule has 5 nitrogen and oxygen atoms in total. The second-order valence-electron chi connectivity index (χ2n) is 6.14. The van der Waals surface area contributed by atoms with Gasteiger partial charge in [0.05, 0.1) is 16.3 Å². The number of aliphatic imine (C=N–C) groups is 1. The van der Waals surface area contributed by atoms with E-state index in [-0.39, 0.29) is 11.4 Å². The van der Waals surface area contributed by atoms with Gasteiger partial charge in [0.15, 0.2) is 5.17 Å². The normalized spacial score (nSPS) is 17.7. The van der Waals surface area contributed by atoms with Gasteiger partial charge in [0.1, 0.15) is 5.84 Å². The maximum Gasteiger partial charge on any atom is 0.283 e. The zero-order valence-corrected chi connectivity index (χ0v) is 16.8. The first-order valence-corrected chi connectivity index (χ1v) is 9.71. The van der Waals surface area contributed by atoms with E-state index < -0.39 is 5.91 Å². The molecule has 1 aromatic heterocycles. The summed E-state index contributed by atoms with van der Waals surface area (Å²) in [6.45, 7) is 3.91. The van der Waals surface area contributed by atoms with E-state index in [9.17, 15) is 4.79 Å². The van der Waals surface area contributed by atoms with Crippen molar-refractivity contribution in [2.75, 3.05) is 0 Å². The van der Waals surface area contributed by atoms with E-state index in [0.29, 0.717) is 15.2 Å². The van der Waals surface area contributed by atoms with E-state index in [2.05, 4.69) is 4.99 Å². The number of amidine groups is 2. The van der Waals surface area contributed by atoms with Gasteiger partial charge in [-0.1, -0.05) is 35.0 Å². The fraction of sp³-hybridized carbons (Fsp3) is 0.105. The van der Waals surface area contributed by atoms with Crippen molar-refractivity contribution in [1.82, 2.24) is 9.47 Å². The predicted molar refractivity (Wildman–Crippen MR) is 112 cm³/mol. The number of benzene rings is 1. The monoisotopic (exact) mass is 416 g/mol. The van der Waals surface area contributed by atoms with Crippen LogP contribution in [0.15, 0.2) is 46.4 Å². The van der Waals surface area contributed by atoms with Gasteiger partial charge in [-0.2, -0.15) is 4.99 Å². The van der Waals surface area contributed by atoms with Crippen molar-refractivity contribution >= 4 is 58.0 Å². The van der Waals surface area contributed by atoms with Crippen LogP contribution in [0.4, 0.5) is 0 Å². The molecule has 0 bridgehead atoms. The molecule has 1 N–H and O–H groups in total. The minimum atomic E-state index is -0.406. The van der Waals surface area contributed by atoms with Crippen LogP contribution in [0.3, 0.4) is 0 Å². The maximum absolute atomic E-state index is 12.4. The molecule has 0 aliphatic carbocycles. The second kappa shape index (κ2) is 6.71. The van der Waals surface area contributed by atoms with Gasteiger partial charge in [0.2, 0.25) is 0 Å². The summed E-state index contributed by atoms with van der Waals surface area (Å²) in [4.78, 5) is 18.1. The third-order valence-electron chi connectivity index (χ3n) is 4.43. The van der Waals surface area contributed by atoms with Gasteiger partial charge in [-0.15, -0.1) is 0 Å². The number of thioether (sulfide) groups is 1. The molecule has 1 amide bonds. The molecule has 27 heavy (non-hydrogen) atoms. The third-order valence-corrected chi connectivity index (χ3v) is 5.73. The Morgan fingerprint density at radius 1 is 1.22 bits per heavy atom. The lowest BCUT2D eigenvalue weighted by atomic mass is 10.1. The number of carbonyl (C=O) groups excluding carboxylic acids is 1. The van der Waals surface area contributed by atoms with Crippen LogP contribution in [0.2, 0.25) is 10.0 Å². The number of nitrogens with zero attached hydrogens (tertiary/aromatic N) is 3. The van der Waals surface area contributed by atoms with Crippen molar-refractivity contribution in [1.29, 1.82) is 5.41 Å². The van der Waals surface area contributed by atoms with E-state index in [1.165, 1.54) is 11.8 Å². The number of carbonyl (C=O) groups is 1. The molecule has 136 valence electrons. The maximum atomic E-state index is 12.4. The van der Waals surface area contributed by atoms with Crippen molar-refractivity contribution in [2.45, 2.75) is 13.8 Å². The van der Waals surface area contributed by atoms with Crippen molar-refractivity contribution < 1.29 is 4.79 Å². The van der Waals surface area contributed by atoms with E-state index >= 15 is 0 Å². The minimum Gasteiger partial charge on any atom is -0.316 e. The summed E-state index contributed by atoms with van der Waals surface area (Å²) in [7, 11) is 0. The lowest BCUT2D eigenvalue weighted by Gasteiger charge is -2.22. The Morgan fingerprint density at radius 2 is 2.00 bits per heavy atom. The molecule has 2 aromatic rings. The molecular weight excluding hydrogens is 403 g/mol. The van der Waals surface area contributed by atoms with Gasteiger partial charge >= 0.3 is 0 Å². The zero-order chi connectivity index (χ0) is 19.3. The van der Waals surface area contributed by atoms with E-state index in [1.54, 1.807) is 34.7 Å². The summed E-state index contributed by atoms with van der Waals surface area (Å²) in [6.07, 6.45) is 3.45. The minimum absolute atomic E-state index is 0.126. The lowest BCUT2D eigenvalue weighted by Crippen LogP contribution is -2.35. The first-order valence-electron chi connectivity index (χ1n) is 8.07. The second-order valence-corrected chi connectivity index (χ2v) is 7.85. The average Bonchev–Trinajstić information content (AvgIpc) is 3.17. The van der Waals surface area contributed by atoms with Crippen molar-refractivity contribution in [3.63, 3.8) is 0 Å². The molecule has 0 fully saturated rings. The number of aryl methyl sites for hydroxylation is 1. The molecule has 0 saturated carbocycles. The van der Waals surface area contributed by atoms with Crippen LogP contribution in [0.1, 0.15) is 17.0 Å². The highest BCUT2D eigenvalue weighted by Gasteiger charge is 2.31. The van der Waals surface area contributed by atoms with Crippen LogP contribution >= 0.6 is 35.0 Å². The Bertz CT molecular complexity index is 1100. The lowest BCUT2D eigenvalue weighted by molar-refractivity contribution is -0.114. The topological polar surface area (TPSA) is 61.5 Å². The van der Waals surface area contributed by atoms with E-state index in [1.807, 2.05) is 30.5 Å². The number of hydrogen-bond donors (Lipinski definition) is 1. The fourth-order valence-electron chi connectivity index (χ4n) is 3.15. The summed E-state index contributed by atoms with van der Waals surface area (Å²) < 4.78 is 2.00. The molecule has 0 unspecified atom stereocenters. The largest absolute Gasteiger partial charge is 0.316 e. The average molecular weight is 417 g/mol. The van der Waals surface area contributed by atoms with Crippen molar-refractivity contribution in [3.8, 4) is 5.69 Å². The van der Waals surface area contributed by atoms with Gasteiger partial charge in [-0.3, -0.25) is 15.1 Å². The summed E-state index contributed by atoms with van der Waals surface area (Å²) in [6, 6.07) is 7.30. The number of rotatable bonds is 2. The molecule has 1 aromatic carbocycles. The number of halogens is 2. The summed E-state index contributed by atoms with van der Waals surface area (Å²) in [5.41, 5.74) is 3.77. The molecule has 2 aliphatic heterocycles. The molecule has 8 heteroatoms. The first-order chi connectivity index (χ1) is 12.9. The quantitative estimate of drug-likeness (QED) is 0.686. The Labute approximate surface area is 170 Å². The third kappa shape index (κ3) is 3.04. The Hall–Kier alpha value is -2.28.